The summed E-state index contributed by atoms with van der Waals surface area (Å²) >= 11 is 1.84. The normalized spacial score (nSPS) is 13.7. The molecule has 5 nitrogen and oxygen atoms in total. The second kappa shape index (κ2) is 13.0. The van der Waals surface area contributed by atoms with Crippen LogP contribution in [0.3, 0.4) is 0 Å². The minimum absolute atomic E-state index is 0.000744. The van der Waals surface area contributed by atoms with Gasteiger partial charge in [-0.1, -0.05) is 111 Å². The molecule has 0 aliphatic carbocycles. The van der Waals surface area contributed by atoms with Gasteiger partial charge in [-0.05, 0) is 93.6 Å². The summed E-state index contributed by atoms with van der Waals surface area (Å²) in [7, 11) is 0. The third-order valence-electron chi connectivity index (χ3n) is 11.1. The number of hydrogen-bond acceptors (Lipinski definition) is 5. The SMILES string of the molecule is CC(C)(C)c1cc(Oc2ccc3c4sc5ccccc5c4n(-c4cc(C(C)(C)C)ccn4)c3c2)cc(N2CN(c3ccccc3C(C)(C)C)c3ccccc32)c1. The molecule has 0 saturated heterocycles. The Morgan fingerprint density at radius 2 is 1.25 bits per heavy atom. The van der Waals surface area contributed by atoms with Crippen molar-refractivity contribution in [1.29, 1.82) is 0 Å². The van der Waals surface area contributed by atoms with E-state index in [1.165, 1.54) is 59.4 Å². The average Bonchev–Trinajstić information content (AvgIpc) is 3.83. The number of pyridine rings is 1. The molecule has 0 unspecified atom stereocenters. The summed E-state index contributed by atoms with van der Waals surface area (Å²) in [6.07, 6.45) is 1.95. The lowest BCUT2D eigenvalue weighted by atomic mass is 9.85. The van der Waals surface area contributed by atoms with Crippen molar-refractivity contribution in [2.75, 3.05) is 16.5 Å². The molecule has 8 aromatic rings. The van der Waals surface area contributed by atoms with Crippen LogP contribution in [-0.2, 0) is 16.2 Å². The zero-order valence-corrected chi connectivity index (χ0v) is 34.8. The van der Waals surface area contributed by atoms with Crippen molar-refractivity contribution < 1.29 is 4.74 Å². The van der Waals surface area contributed by atoms with Gasteiger partial charge in [-0.25, -0.2) is 4.98 Å². The van der Waals surface area contributed by atoms with Gasteiger partial charge in [0.05, 0.1) is 27.1 Å². The summed E-state index contributed by atoms with van der Waals surface area (Å²) in [4.78, 5) is 9.86. The second-order valence-electron chi connectivity index (χ2n) is 18.3. The Hall–Kier alpha value is -5.59. The average molecular weight is 755 g/mol. The van der Waals surface area contributed by atoms with Gasteiger partial charge in [0.25, 0.3) is 0 Å². The maximum atomic E-state index is 6.94. The van der Waals surface area contributed by atoms with E-state index < -0.39 is 0 Å². The number of ether oxygens (including phenoxy) is 1. The highest BCUT2D eigenvalue weighted by Crippen LogP contribution is 2.48. The van der Waals surface area contributed by atoms with Gasteiger partial charge in [-0.3, -0.25) is 4.57 Å². The standard InChI is InChI=1S/C50H50N4OS/c1-48(2,3)32-24-25-51-45(28-32)54-43-30-35(22-23-37(43)47-46(54)38-16-10-15-21-44(38)56-47)55-36-27-33(49(4,5)6)26-34(29-36)52-31-53(42-20-14-13-19-41(42)52)40-18-12-11-17-39(40)50(7,8)9/h10-30H,31H2,1-9H3. The number of para-hydroxylation sites is 3. The molecule has 9 rings (SSSR count). The quantitative estimate of drug-likeness (QED) is 0.175. The molecule has 4 heterocycles. The first-order chi connectivity index (χ1) is 26.6. The van der Waals surface area contributed by atoms with Crippen LogP contribution in [0.15, 0.2) is 128 Å². The summed E-state index contributed by atoms with van der Waals surface area (Å²) in [5.74, 6) is 2.52. The summed E-state index contributed by atoms with van der Waals surface area (Å²) in [6, 6.07) is 44.0. The Kier molecular flexibility index (Phi) is 8.37. The van der Waals surface area contributed by atoms with Gasteiger partial charge in [0.1, 0.15) is 24.0 Å². The maximum Gasteiger partial charge on any atom is 0.137 e. The molecular weight excluding hydrogens is 705 g/mol. The van der Waals surface area contributed by atoms with E-state index in [2.05, 4.69) is 198 Å². The predicted molar refractivity (Wildman–Crippen MR) is 239 cm³/mol. The molecule has 0 spiro atoms. The Morgan fingerprint density at radius 3 is 1.98 bits per heavy atom. The lowest BCUT2D eigenvalue weighted by Crippen LogP contribution is -2.27. The highest BCUT2D eigenvalue weighted by molar-refractivity contribution is 7.26. The fourth-order valence-corrected chi connectivity index (χ4v) is 9.33. The molecule has 1 aliphatic heterocycles. The molecule has 282 valence electrons. The van der Waals surface area contributed by atoms with Crippen molar-refractivity contribution in [2.24, 2.45) is 0 Å². The van der Waals surface area contributed by atoms with Crippen LogP contribution in [0.2, 0.25) is 0 Å². The molecule has 0 radical (unpaired) electrons. The number of aromatic nitrogens is 2. The number of nitrogens with zero attached hydrogens (tertiary/aromatic N) is 4. The Balaban J connectivity index is 1.16. The van der Waals surface area contributed by atoms with Crippen molar-refractivity contribution in [1.82, 2.24) is 9.55 Å². The van der Waals surface area contributed by atoms with Crippen molar-refractivity contribution in [3.05, 3.63) is 144 Å². The zero-order chi connectivity index (χ0) is 39.1. The highest BCUT2D eigenvalue weighted by atomic mass is 32.1. The van der Waals surface area contributed by atoms with Gasteiger partial charge < -0.3 is 14.5 Å². The number of rotatable bonds is 5. The van der Waals surface area contributed by atoms with Crippen LogP contribution in [0.1, 0.15) is 79.0 Å². The zero-order valence-electron chi connectivity index (χ0n) is 33.9. The van der Waals surface area contributed by atoms with Crippen LogP contribution in [0.25, 0.3) is 37.0 Å². The van der Waals surface area contributed by atoms with Crippen molar-refractivity contribution in [2.45, 2.75) is 78.6 Å². The molecule has 0 atom stereocenters. The van der Waals surface area contributed by atoms with Crippen LogP contribution in [0, 0.1) is 0 Å². The molecule has 56 heavy (non-hydrogen) atoms. The monoisotopic (exact) mass is 754 g/mol. The smallest absolute Gasteiger partial charge is 0.137 e. The Bertz CT molecular complexity index is 2790. The Labute approximate surface area is 334 Å². The minimum atomic E-state index is -0.0975. The van der Waals surface area contributed by atoms with Crippen molar-refractivity contribution in [3.8, 4) is 17.3 Å². The second-order valence-corrected chi connectivity index (χ2v) is 19.3. The largest absolute Gasteiger partial charge is 0.457 e. The van der Waals surface area contributed by atoms with Crippen LogP contribution in [0.4, 0.5) is 22.7 Å². The predicted octanol–water partition coefficient (Wildman–Crippen LogP) is 14.3. The van der Waals surface area contributed by atoms with E-state index in [1.54, 1.807) is 0 Å². The summed E-state index contributed by atoms with van der Waals surface area (Å²) in [5.41, 5.74) is 10.7. The molecule has 0 fully saturated rings. The van der Waals surface area contributed by atoms with E-state index in [0.717, 1.165) is 28.5 Å². The molecule has 1 aliphatic rings. The van der Waals surface area contributed by atoms with E-state index in [9.17, 15) is 0 Å². The summed E-state index contributed by atoms with van der Waals surface area (Å²) < 4.78 is 11.8. The molecule has 6 heteroatoms. The van der Waals surface area contributed by atoms with Crippen molar-refractivity contribution >= 4 is 65.3 Å². The molecule has 5 aromatic carbocycles. The van der Waals surface area contributed by atoms with Gasteiger partial charge >= 0.3 is 0 Å². The van der Waals surface area contributed by atoms with E-state index in [0.29, 0.717) is 6.67 Å². The minimum Gasteiger partial charge on any atom is -0.457 e. The fraction of sp³-hybridized carbons (Fsp3) is 0.260. The van der Waals surface area contributed by atoms with Gasteiger partial charge in [0.15, 0.2) is 0 Å². The van der Waals surface area contributed by atoms with E-state index >= 15 is 0 Å². The first kappa shape index (κ1) is 36.1. The number of thiophene rings is 1. The molecule has 3 aromatic heterocycles. The molecule has 0 saturated carbocycles. The first-order valence-electron chi connectivity index (χ1n) is 19.6. The number of fused-ring (bicyclic) bond motifs is 6. The van der Waals surface area contributed by atoms with E-state index in [-0.39, 0.29) is 16.2 Å². The van der Waals surface area contributed by atoms with Gasteiger partial charge in [0.2, 0.25) is 0 Å². The molecule has 0 N–H and O–H groups in total. The molecule has 0 amide bonds. The number of anilines is 4. The summed E-state index contributed by atoms with van der Waals surface area (Å²) in [6.45, 7) is 21.2. The Morgan fingerprint density at radius 1 is 0.571 bits per heavy atom. The lowest BCUT2D eigenvalue weighted by molar-refractivity contribution is 0.479. The topological polar surface area (TPSA) is 33.5 Å². The number of benzene rings is 5. The summed E-state index contributed by atoms with van der Waals surface area (Å²) in [5, 5.41) is 2.44. The van der Waals surface area contributed by atoms with Crippen LogP contribution < -0.4 is 14.5 Å². The lowest BCUT2D eigenvalue weighted by Gasteiger charge is -2.30. The third-order valence-corrected chi connectivity index (χ3v) is 12.3. The third kappa shape index (κ3) is 6.21. The fourth-order valence-electron chi connectivity index (χ4n) is 8.11. The number of hydrogen-bond donors (Lipinski definition) is 0. The van der Waals surface area contributed by atoms with Crippen LogP contribution in [-0.4, -0.2) is 16.2 Å². The van der Waals surface area contributed by atoms with Gasteiger partial charge in [-0.2, -0.15) is 0 Å². The van der Waals surface area contributed by atoms with Gasteiger partial charge in [-0.15, -0.1) is 11.3 Å². The van der Waals surface area contributed by atoms with E-state index in [1.807, 2.05) is 17.5 Å². The van der Waals surface area contributed by atoms with Gasteiger partial charge in [0, 0.05) is 45.2 Å². The van der Waals surface area contributed by atoms with E-state index in [4.69, 9.17) is 9.72 Å². The van der Waals surface area contributed by atoms with Crippen LogP contribution in [0.5, 0.6) is 11.5 Å². The first-order valence-corrected chi connectivity index (χ1v) is 20.5. The molecule has 0 bridgehead atoms. The highest BCUT2D eigenvalue weighted by Gasteiger charge is 2.32. The molecular formula is C50H50N4OS. The van der Waals surface area contributed by atoms with Crippen molar-refractivity contribution in [3.63, 3.8) is 0 Å². The maximum absolute atomic E-state index is 6.94. The van der Waals surface area contributed by atoms with Crippen LogP contribution >= 0.6 is 11.3 Å².